The van der Waals surface area contributed by atoms with Crippen LogP contribution in [-0.4, -0.2) is 43.4 Å². The van der Waals surface area contributed by atoms with E-state index in [2.05, 4.69) is 0 Å². The van der Waals surface area contributed by atoms with Crippen LogP contribution in [-0.2, 0) is 11.3 Å². The van der Waals surface area contributed by atoms with Crippen molar-refractivity contribution in [3.8, 4) is 0 Å². The molecule has 0 atom stereocenters. The van der Waals surface area contributed by atoms with Gasteiger partial charge in [-0.25, -0.2) is 4.39 Å². The fourth-order valence-electron chi connectivity index (χ4n) is 1.56. The van der Waals surface area contributed by atoms with Crippen molar-refractivity contribution in [3.05, 3.63) is 29.6 Å². The molecule has 1 aromatic rings. The van der Waals surface area contributed by atoms with Crippen LogP contribution < -0.4 is 5.73 Å². The van der Waals surface area contributed by atoms with Gasteiger partial charge in [-0.3, -0.25) is 4.90 Å². The van der Waals surface area contributed by atoms with Crippen LogP contribution >= 0.6 is 0 Å². The number of anilines is 1. The molecule has 0 aliphatic heterocycles. The molecule has 1 rings (SSSR count). The molecule has 0 aliphatic rings. The third-order valence-corrected chi connectivity index (χ3v) is 2.50. The van der Waals surface area contributed by atoms with E-state index in [1.54, 1.807) is 19.2 Å². The monoisotopic (exact) mass is 242 g/mol. The molecule has 17 heavy (non-hydrogen) atoms. The van der Waals surface area contributed by atoms with Gasteiger partial charge in [-0.05, 0) is 12.1 Å². The summed E-state index contributed by atoms with van der Waals surface area (Å²) >= 11 is 0. The van der Waals surface area contributed by atoms with Crippen molar-refractivity contribution in [1.29, 1.82) is 0 Å². The number of aliphatic hydroxyl groups is 1. The van der Waals surface area contributed by atoms with Crippen molar-refractivity contribution in [2.45, 2.75) is 6.54 Å². The summed E-state index contributed by atoms with van der Waals surface area (Å²) in [6.45, 7) is 2.18. The Morgan fingerprint density at radius 2 is 2.18 bits per heavy atom. The standard InChI is InChI=1S/C12H19FN2O2/c1-17-7-5-15(4-6-16)9-10-2-3-11(14)8-12(10)13/h2-3,8,16H,4-7,9,14H2,1H3. The molecule has 5 heteroatoms. The van der Waals surface area contributed by atoms with Gasteiger partial charge in [0.15, 0.2) is 0 Å². The molecule has 0 saturated carbocycles. The van der Waals surface area contributed by atoms with Gasteiger partial charge in [0.05, 0.1) is 13.2 Å². The fourth-order valence-corrected chi connectivity index (χ4v) is 1.56. The highest BCUT2D eigenvalue weighted by molar-refractivity contribution is 5.40. The lowest BCUT2D eigenvalue weighted by molar-refractivity contribution is 0.126. The molecule has 0 spiro atoms. The number of halogens is 1. The molecule has 0 unspecified atom stereocenters. The van der Waals surface area contributed by atoms with Crippen LogP contribution in [0.15, 0.2) is 18.2 Å². The molecule has 96 valence electrons. The zero-order chi connectivity index (χ0) is 12.7. The minimum atomic E-state index is -0.314. The summed E-state index contributed by atoms with van der Waals surface area (Å²) in [6.07, 6.45) is 0. The lowest BCUT2D eigenvalue weighted by Crippen LogP contribution is -2.30. The van der Waals surface area contributed by atoms with E-state index in [1.165, 1.54) is 6.07 Å². The Hall–Kier alpha value is -1.17. The van der Waals surface area contributed by atoms with E-state index in [0.717, 1.165) is 0 Å². The summed E-state index contributed by atoms with van der Waals surface area (Å²) in [5.41, 5.74) is 6.47. The van der Waals surface area contributed by atoms with Gasteiger partial charge in [0.2, 0.25) is 0 Å². The zero-order valence-electron chi connectivity index (χ0n) is 10.0. The van der Waals surface area contributed by atoms with E-state index < -0.39 is 0 Å². The number of methoxy groups -OCH3 is 1. The van der Waals surface area contributed by atoms with Crippen LogP contribution in [0.5, 0.6) is 0 Å². The minimum Gasteiger partial charge on any atom is -0.399 e. The van der Waals surface area contributed by atoms with Crippen molar-refractivity contribution in [2.24, 2.45) is 0 Å². The molecule has 0 amide bonds. The first-order chi connectivity index (χ1) is 8.17. The lowest BCUT2D eigenvalue weighted by Gasteiger charge is -2.21. The highest BCUT2D eigenvalue weighted by Gasteiger charge is 2.09. The molecule has 0 radical (unpaired) electrons. The summed E-state index contributed by atoms with van der Waals surface area (Å²) in [4.78, 5) is 1.93. The highest BCUT2D eigenvalue weighted by Crippen LogP contribution is 2.13. The first-order valence-electron chi connectivity index (χ1n) is 5.53. The van der Waals surface area contributed by atoms with Gasteiger partial charge in [0.1, 0.15) is 5.82 Å². The number of benzene rings is 1. The molecule has 4 nitrogen and oxygen atoms in total. The highest BCUT2D eigenvalue weighted by atomic mass is 19.1. The third-order valence-electron chi connectivity index (χ3n) is 2.50. The second kappa shape index (κ2) is 7.21. The van der Waals surface area contributed by atoms with Crippen LogP contribution in [0.25, 0.3) is 0 Å². The van der Waals surface area contributed by atoms with E-state index in [4.69, 9.17) is 15.6 Å². The predicted molar refractivity (Wildman–Crippen MR) is 65.1 cm³/mol. The first-order valence-corrected chi connectivity index (χ1v) is 5.53. The molecule has 0 aromatic heterocycles. The van der Waals surface area contributed by atoms with Crippen LogP contribution in [0.2, 0.25) is 0 Å². The number of hydrogen-bond donors (Lipinski definition) is 2. The average molecular weight is 242 g/mol. The van der Waals surface area contributed by atoms with Gasteiger partial charge in [0.25, 0.3) is 0 Å². The Morgan fingerprint density at radius 3 is 2.76 bits per heavy atom. The minimum absolute atomic E-state index is 0.0420. The number of nitrogens with two attached hydrogens (primary N) is 1. The van der Waals surface area contributed by atoms with Crippen molar-refractivity contribution >= 4 is 5.69 Å². The van der Waals surface area contributed by atoms with Crippen molar-refractivity contribution in [1.82, 2.24) is 4.90 Å². The van der Waals surface area contributed by atoms with Crippen LogP contribution in [0, 0.1) is 5.82 Å². The van der Waals surface area contributed by atoms with Gasteiger partial charge in [-0.1, -0.05) is 6.07 Å². The lowest BCUT2D eigenvalue weighted by atomic mass is 10.2. The quantitative estimate of drug-likeness (QED) is 0.696. The Morgan fingerprint density at radius 1 is 1.41 bits per heavy atom. The summed E-state index contributed by atoms with van der Waals surface area (Å²) in [7, 11) is 1.61. The van der Waals surface area contributed by atoms with Crippen LogP contribution in [0.3, 0.4) is 0 Å². The first kappa shape index (κ1) is 13.9. The van der Waals surface area contributed by atoms with Crippen molar-refractivity contribution < 1.29 is 14.2 Å². The van der Waals surface area contributed by atoms with Crippen LogP contribution in [0.4, 0.5) is 10.1 Å². The summed E-state index contributed by atoms with van der Waals surface area (Å²) < 4.78 is 18.5. The Balaban J connectivity index is 2.64. The molecule has 1 aromatic carbocycles. The predicted octanol–water partition coefficient (Wildman–Crippen LogP) is 0.849. The fraction of sp³-hybridized carbons (Fsp3) is 0.500. The molecule has 0 aliphatic carbocycles. The van der Waals surface area contributed by atoms with E-state index >= 15 is 0 Å². The molecular weight excluding hydrogens is 223 g/mol. The smallest absolute Gasteiger partial charge is 0.129 e. The largest absolute Gasteiger partial charge is 0.399 e. The summed E-state index contributed by atoms with van der Waals surface area (Å²) in [6, 6.07) is 4.65. The normalized spacial score (nSPS) is 11.1. The van der Waals surface area contributed by atoms with Gasteiger partial charge in [-0.15, -0.1) is 0 Å². The number of nitrogen functional groups attached to an aromatic ring is 1. The third kappa shape index (κ3) is 4.68. The summed E-state index contributed by atoms with van der Waals surface area (Å²) in [5.74, 6) is -0.314. The molecule has 0 heterocycles. The number of nitrogens with zero attached hydrogens (tertiary/aromatic N) is 1. The van der Waals surface area contributed by atoms with E-state index in [9.17, 15) is 4.39 Å². The van der Waals surface area contributed by atoms with Gasteiger partial charge in [-0.2, -0.15) is 0 Å². The summed E-state index contributed by atoms with van der Waals surface area (Å²) in [5, 5.41) is 8.93. The number of ether oxygens (including phenoxy) is 1. The van der Waals surface area contributed by atoms with Gasteiger partial charge in [0, 0.05) is 38.0 Å². The van der Waals surface area contributed by atoms with E-state index in [0.29, 0.717) is 37.5 Å². The SMILES string of the molecule is COCCN(CCO)Cc1ccc(N)cc1F. The van der Waals surface area contributed by atoms with Gasteiger partial charge >= 0.3 is 0 Å². The second-order valence-electron chi connectivity index (χ2n) is 3.84. The Bertz CT molecular complexity index is 347. The van der Waals surface area contributed by atoms with E-state index in [-0.39, 0.29) is 12.4 Å². The second-order valence-corrected chi connectivity index (χ2v) is 3.84. The number of aliphatic hydroxyl groups excluding tert-OH is 1. The Labute approximate surface area is 101 Å². The van der Waals surface area contributed by atoms with Crippen molar-refractivity contribution in [3.63, 3.8) is 0 Å². The molecule has 0 bridgehead atoms. The average Bonchev–Trinajstić information content (AvgIpc) is 2.29. The zero-order valence-corrected chi connectivity index (χ0v) is 10.0. The maximum atomic E-state index is 13.6. The molecule has 0 saturated heterocycles. The van der Waals surface area contributed by atoms with Gasteiger partial charge < -0.3 is 15.6 Å². The van der Waals surface area contributed by atoms with E-state index in [1.807, 2.05) is 4.90 Å². The maximum absolute atomic E-state index is 13.6. The molecular formula is C12H19FN2O2. The Kier molecular flexibility index (Phi) is 5.90. The topological polar surface area (TPSA) is 58.7 Å². The van der Waals surface area contributed by atoms with Crippen LogP contribution in [0.1, 0.15) is 5.56 Å². The molecule has 3 N–H and O–H groups in total. The molecule has 0 fully saturated rings. The van der Waals surface area contributed by atoms with Crippen molar-refractivity contribution in [2.75, 3.05) is 39.1 Å². The maximum Gasteiger partial charge on any atom is 0.129 e. The number of hydrogen-bond acceptors (Lipinski definition) is 4. The number of rotatable bonds is 7.